The number of benzene rings is 1. The minimum Gasteiger partial charge on any atom is -0.493 e. The summed E-state index contributed by atoms with van der Waals surface area (Å²) in [4.78, 5) is 13.0. The number of hydrogen-bond donors (Lipinski definition) is 1. The van der Waals surface area contributed by atoms with Gasteiger partial charge in [-0.15, -0.1) is 0 Å². The Kier molecular flexibility index (Phi) is 5.42. The Morgan fingerprint density at radius 3 is 2.45 bits per heavy atom. The fourth-order valence-electron chi connectivity index (χ4n) is 1.46. The van der Waals surface area contributed by atoms with Crippen molar-refractivity contribution in [3.63, 3.8) is 0 Å². The van der Waals surface area contributed by atoms with Gasteiger partial charge in [-0.2, -0.15) is 5.26 Å². The number of ether oxygens (including phenoxy) is 2. The summed E-state index contributed by atoms with van der Waals surface area (Å²) in [5, 5.41) is 11.8. The maximum atomic E-state index is 11.7. The van der Waals surface area contributed by atoms with Crippen LogP contribution in [0.5, 0.6) is 11.5 Å². The van der Waals surface area contributed by atoms with Gasteiger partial charge in [0.1, 0.15) is 11.6 Å². The lowest BCUT2D eigenvalue weighted by Gasteiger charge is -2.11. The van der Waals surface area contributed by atoms with Gasteiger partial charge in [-0.05, 0) is 12.1 Å². The molecule has 6 heteroatoms. The van der Waals surface area contributed by atoms with E-state index in [-0.39, 0.29) is 11.5 Å². The van der Waals surface area contributed by atoms with Gasteiger partial charge >= 0.3 is 0 Å². The first-order valence-corrected chi connectivity index (χ1v) is 5.84. The molecule has 0 atom stereocenters. The number of carbonyl (C=O) groups is 1. The van der Waals surface area contributed by atoms with Crippen molar-refractivity contribution in [2.45, 2.75) is 0 Å². The molecule has 0 fully saturated rings. The highest BCUT2D eigenvalue weighted by molar-refractivity contribution is 5.97. The molecule has 0 heterocycles. The van der Waals surface area contributed by atoms with Gasteiger partial charge in [0.15, 0.2) is 11.5 Å². The number of rotatable bonds is 5. The largest absolute Gasteiger partial charge is 0.493 e. The van der Waals surface area contributed by atoms with Crippen molar-refractivity contribution < 1.29 is 14.3 Å². The van der Waals surface area contributed by atoms with Crippen LogP contribution in [0.2, 0.25) is 0 Å². The molecule has 20 heavy (non-hydrogen) atoms. The number of nitriles is 1. The van der Waals surface area contributed by atoms with Crippen molar-refractivity contribution in [1.82, 2.24) is 4.90 Å². The Morgan fingerprint density at radius 1 is 1.30 bits per heavy atom. The van der Waals surface area contributed by atoms with E-state index in [2.05, 4.69) is 5.32 Å². The molecule has 0 aromatic heterocycles. The molecular weight excluding hydrogens is 258 g/mol. The van der Waals surface area contributed by atoms with Gasteiger partial charge in [0.05, 0.1) is 14.2 Å². The third-order valence-electron chi connectivity index (χ3n) is 2.52. The van der Waals surface area contributed by atoms with Gasteiger partial charge < -0.3 is 19.7 Å². The molecule has 1 amide bonds. The van der Waals surface area contributed by atoms with Crippen LogP contribution in [0.25, 0.3) is 0 Å². The predicted molar refractivity (Wildman–Crippen MR) is 75.6 cm³/mol. The average Bonchev–Trinajstić information content (AvgIpc) is 2.47. The molecule has 1 rings (SSSR count). The van der Waals surface area contributed by atoms with E-state index in [0.29, 0.717) is 17.2 Å². The van der Waals surface area contributed by atoms with E-state index < -0.39 is 0 Å². The quantitative estimate of drug-likeness (QED) is 0.652. The Hall–Kier alpha value is -2.68. The lowest BCUT2D eigenvalue weighted by Crippen LogP contribution is -2.23. The number of amides is 1. The zero-order valence-electron chi connectivity index (χ0n) is 11.9. The van der Waals surface area contributed by atoms with Crippen molar-refractivity contribution in [3.8, 4) is 17.6 Å². The standard InChI is InChI=1S/C14H17N3O3/c1-17(2)14(18)10(8-15)9-16-11-5-6-12(19-3)13(7-11)20-4/h5-7,9,16H,1-4H3/b10-9+. The Balaban J connectivity index is 2.94. The van der Waals surface area contributed by atoms with Crippen LogP contribution in [0.15, 0.2) is 30.0 Å². The van der Waals surface area contributed by atoms with Crippen LogP contribution in [-0.2, 0) is 4.79 Å². The molecule has 0 bridgehead atoms. The molecule has 0 spiro atoms. The second-order valence-corrected chi connectivity index (χ2v) is 4.08. The first-order valence-electron chi connectivity index (χ1n) is 5.84. The highest BCUT2D eigenvalue weighted by Crippen LogP contribution is 2.29. The predicted octanol–water partition coefficient (Wildman–Crippen LogP) is 1.61. The smallest absolute Gasteiger partial charge is 0.265 e. The minimum atomic E-state index is -0.361. The summed E-state index contributed by atoms with van der Waals surface area (Å²) in [6, 6.07) is 7.06. The molecule has 1 N–H and O–H groups in total. The normalized spacial score (nSPS) is 10.4. The lowest BCUT2D eigenvalue weighted by atomic mass is 10.2. The van der Waals surface area contributed by atoms with Gasteiger partial charge in [0.25, 0.3) is 5.91 Å². The first-order chi connectivity index (χ1) is 9.53. The van der Waals surface area contributed by atoms with Gasteiger partial charge in [0, 0.05) is 32.0 Å². The van der Waals surface area contributed by atoms with Crippen LogP contribution in [0.3, 0.4) is 0 Å². The zero-order valence-corrected chi connectivity index (χ0v) is 11.9. The number of nitrogens with zero attached hydrogens (tertiary/aromatic N) is 2. The van der Waals surface area contributed by atoms with Crippen LogP contribution >= 0.6 is 0 Å². The molecule has 0 saturated heterocycles. The SMILES string of the molecule is COc1ccc(N/C=C(\C#N)C(=O)N(C)C)cc1OC. The van der Waals surface area contributed by atoms with Gasteiger partial charge in [-0.3, -0.25) is 4.79 Å². The highest BCUT2D eigenvalue weighted by atomic mass is 16.5. The Labute approximate surface area is 118 Å². The summed E-state index contributed by atoms with van der Waals surface area (Å²) in [6.07, 6.45) is 1.36. The van der Waals surface area contributed by atoms with Crippen LogP contribution < -0.4 is 14.8 Å². The number of anilines is 1. The van der Waals surface area contributed by atoms with E-state index in [0.717, 1.165) is 0 Å². The summed E-state index contributed by atoms with van der Waals surface area (Å²) < 4.78 is 10.3. The minimum absolute atomic E-state index is 0.0183. The summed E-state index contributed by atoms with van der Waals surface area (Å²) in [6.45, 7) is 0. The summed E-state index contributed by atoms with van der Waals surface area (Å²) >= 11 is 0. The number of nitrogens with one attached hydrogen (secondary N) is 1. The van der Waals surface area contributed by atoms with Gasteiger partial charge in [-0.1, -0.05) is 0 Å². The van der Waals surface area contributed by atoms with E-state index in [9.17, 15) is 4.79 Å². The van der Waals surface area contributed by atoms with E-state index in [1.165, 1.54) is 18.2 Å². The second kappa shape index (κ2) is 7.04. The van der Waals surface area contributed by atoms with Gasteiger partial charge in [-0.25, -0.2) is 0 Å². The van der Waals surface area contributed by atoms with Crippen molar-refractivity contribution >= 4 is 11.6 Å². The molecule has 0 aliphatic rings. The summed E-state index contributed by atoms with van der Waals surface area (Å²) in [5.74, 6) is 0.802. The molecule has 0 aliphatic heterocycles. The van der Waals surface area contributed by atoms with Crippen molar-refractivity contribution in [2.75, 3.05) is 33.6 Å². The molecule has 0 saturated carbocycles. The Morgan fingerprint density at radius 2 is 1.95 bits per heavy atom. The van der Waals surface area contributed by atoms with E-state index >= 15 is 0 Å². The van der Waals surface area contributed by atoms with Crippen molar-refractivity contribution in [1.29, 1.82) is 5.26 Å². The number of carbonyl (C=O) groups excluding carboxylic acids is 1. The van der Waals surface area contributed by atoms with Crippen molar-refractivity contribution in [3.05, 3.63) is 30.0 Å². The molecule has 106 valence electrons. The molecule has 0 radical (unpaired) electrons. The molecule has 0 unspecified atom stereocenters. The fourth-order valence-corrected chi connectivity index (χ4v) is 1.46. The molecule has 6 nitrogen and oxygen atoms in total. The van der Waals surface area contributed by atoms with Crippen LogP contribution in [0.1, 0.15) is 0 Å². The molecule has 1 aromatic rings. The maximum Gasteiger partial charge on any atom is 0.265 e. The average molecular weight is 275 g/mol. The molecule has 0 aliphatic carbocycles. The van der Waals surface area contributed by atoms with Crippen molar-refractivity contribution in [2.24, 2.45) is 0 Å². The van der Waals surface area contributed by atoms with E-state index in [4.69, 9.17) is 14.7 Å². The third kappa shape index (κ3) is 3.65. The molecular formula is C14H17N3O3. The molecule has 1 aromatic carbocycles. The maximum absolute atomic E-state index is 11.7. The van der Waals surface area contributed by atoms with E-state index in [1.807, 2.05) is 6.07 Å². The third-order valence-corrected chi connectivity index (χ3v) is 2.52. The monoisotopic (exact) mass is 275 g/mol. The summed E-state index contributed by atoms with van der Waals surface area (Å²) in [5.41, 5.74) is 0.701. The zero-order chi connectivity index (χ0) is 15.1. The topological polar surface area (TPSA) is 74.6 Å². The van der Waals surface area contributed by atoms with Gasteiger partial charge in [0.2, 0.25) is 0 Å². The van der Waals surface area contributed by atoms with Crippen LogP contribution in [0.4, 0.5) is 5.69 Å². The number of methoxy groups -OCH3 is 2. The highest BCUT2D eigenvalue weighted by Gasteiger charge is 2.11. The lowest BCUT2D eigenvalue weighted by molar-refractivity contribution is -0.124. The number of likely N-dealkylation sites (N-methyl/N-ethyl adjacent to an activating group) is 1. The first kappa shape index (κ1) is 15.4. The van der Waals surface area contributed by atoms with E-state index in [1.54, 1.807) is 39.4 Å². The second-order valence-electron chi connectivity index (χ2n) is 4.08. The Bertz CT molecular complexity index is 559. The summed E-state index contributed by atoms with van der Waals surface area (Å²) in [7, 11) is 6.26. The fraction of sp³-hybridized carbons (Fsp3) is 0.286. The van der Waals surface area contributed by atoms with Crippen LogP contribution in [0, 0.1) is 11.3 Å². The number of hydrogen-bond acceptors (Lipinski definition) is 5. The van der Waals surface area contributed by atoms with Crippen LogP contribution in [-0.4, -0.2) is 39.1 Å².